The van der Waals surface area contributed by atoms with E-state index in [-0.39, 0.29) is 12.4 Å². The summed E-state index contributed by atoms with van der Waals surface area (Å²) in [7, 11) is -0.500. The summed E-state index contributed by atoms with van der Waals surface area (Å²) in [5, 5.41) is 3.36. The van der Waals surface area contributed by atoms with Crippen molar-refractivity contribution in [3.05, 3.63) is 0 Å². The molecule has 60 valence electrons. The Labute approximate surface area is 69.6 Å². The summed E-state index contributed by atoms with van der Waals surface area (Å²) in [5.74, 6) is 2.57. The average Bonchev–Trinajstić information content (AvgIpc) is 2.11. The Kier molecular flexibility index (Phi) is 2.72. The lowest BCUT2D eigenvalue weighted by atomic mass is 10.1. The summed E-state index contributed by atoms with van der Waals surface area (Å²) in [4.78, 5) is 0. The van der Waals surface area contributed by atoms with Crippen LogP contribution in [0.2, 0.25) is 0 Å². The van der Waals surface area contributed by atoms with E-state index in [1.54, 1.807) is 0 Å². The van der Waals surface area contributed by atoms with Crippen LogP contribution in [0.1, 0.15) is 6.42 Å². The monoisotopic (exact) mass is 181 g/mol. The molecule has 2 aliphatic heterocycles. The van der Waals surface area contributed by atoms with E-state index in [0.717, 1.165) is 24.0 Å². The van der Waals surface area contributed by atoms with Crippen LogP contribution in [0.25, 0.3) is 0 Å². The molecule has 0 aromatic rings. The highest BCUT2D eigenvalue weighted by Crippen LogP contribution is 2.21. The van der Waals surface area contributed by atoms with Gasteiger partial charge in [0.25, 0.3) is 0 Å². The topological polar surface area (TPSA) is 29.1 Å². The Hall–Kier alpha value is 0.400. The maximum Gasteiger partial charge on any atom is 0.0389 e. The molecule has 2 heterocycles. The van der Waals surface area contributed by atoms with Crippen molar-refractivity contribution in [1.82, 2.24) is 5.32 Å². The number of hydrogen-bond acceptors (Lipinski definition) is 2. The molecule has 2 rings (SSSR count). The Morgan fingerprint density at radius 2 is 2.20 bits per heavy atom. The first kappa shape index (κ1) is 8.50. The highest BCUT2D eigenvalue weighted by molar-refractivity contribution is 7.85. The van der Waals surface area contributed by atoms with Gasteiger partial charge in [0.2, 0.25) is 0 Å². The van der Waals surface area contributed by atoms with Gasteiger partial charge in [-0.3, -0.25) is 4.21 Å². The molecule has 0 aliphatic carbocycles. The van der Waals surface area contributed by atoms with Gasteiger partial charge in [0.15, 0.2) is 0 Å². The number of fused-ring (bicyclic) bond motifs is 2. The van der Waals surface area contributed by atoms with Crippen LogP contribution in [-0.2, 0) is 10.8 Å². The summed E-state index contributed by atoms with van der Waals surface area (Å²) in [6, 6.07) is 0.588. The predicted molar refractivity (Wildman–Crippen MR) is 45.0 cm³/mol. The third-order valence-electron chi connectivity index (χ3n) is 2.12. The quantitative estimate of drug-likeness (QED) is 0.577. The van der Waals surface area contributed by atoms with Gasteiger partial charge in [0.1, 0.15) is 0 Å². The molecule has 3 unspecified atom stereocenters. The molecule has 0 amide bonds. The van der Waals surface area contributed by atoms with E-state index < -0.39 is 10.8 Å². The Morgan fingerprint density at radius 1 is 1.40 bits per heavy atom. The smallest absolute Gasteiger partial charge is 0.0389 e. The fourth-order valence-electron chi connectivity index (χ4n) is 1.71. The van der Waals surface area contributed by atoms with E-state index in [2.05, 4.69) is 5.32 Å². The first-order chi connectivity index (χ1) is 4.34. The van der Waals surface area contributed by atoms with Gasteiger partial charge in [-0.1, -0.05) is 0 Å². The SMILES string of the molecule is Cl.O=S1CC2CNC(C2)C1. The first-order valence-electron chi connectivity index (χ1n) is 3.43. The summed E-state index contributed by atoms with van der Waals surface area (Å²) in [6.07, 6.45) is 1.27. The van der Waals surface area contributed by atoms with E-state index >= 15 is 0 Å². The molecule has 0 aromatic carbocycles. The van der Waals surface area contributed by atoms with Crippen LogP contribution in [0.4, 0.5) is 0 Å². The summed E-state index contributed by atoms with van der Waals surface area (Å²) in [6.45, 7) is 1.11. The van der Waals surface area contributed by atoms with Gasteiger partial charge < -0.3 is 5.32 Å². The molecule has 2 fully saturated rings. The summed E-state index contributed by atoms with van der Waals surface area (Å²) in [5.41, 5.74) is 0. The lowest BCUT2D eigenvalue weighted by Gasteiger charge is -2.15. The maximum absolute atomic E-state index is 11.0. The number of nitrogens with one attached hydrogen (secondary N) is 1. The largest absolute Gasteiger partial charge is 0.313 e. The molecule has 0 radical (unpaired) electrons. The predicted octanol–water partition coefficient (Wildman–Crippen LogP) is 0.149. The maximum atomic E-state index is 11.0. The van der Waals surface area contributed by atoms with Crippen molar-refractivity contribution in [3.8, 4) is 0 Å². The van der Waals surface area contributed by atoms with Gasteiger partial charge in [0.05, 0.1) is 0 Å². The van der Waals surface area contributed by atoms with Crippen molar-refractivity contribution < 1.29 is 4.21 Å². The molecule has 3 atom stereocenters. The van der Waals surface area contributed by atoms with Gasteiger partial charge in [-0.15, -0.1) is 12.4 Å². The molecule has 10 heavy (non-hydrogen) atoms. The third-order valence-corrected chi connectivity index (χ3v) is 3.74. The van der Waals surface area contributed by atoms with Gasteiger partial charge >= 0.3 is 0 Å². The number of rotatable bonds is 0. The Bertz CT molecular complexity index is 139. The second-order valence-corrected chi connectivity index (χ2v) is 4.53. The highest BCUT2D eigenvalue weighted by Gasteiger charge is 2.31. The molecule has 2 saturated heterocycles. The number of halogens is 1. The fraction of sp³-hybridized carbons (Fsp3) is 1.00. The highest BCUT2D eigenvalue weighted by atomic mass is 35.5. The van der Waals surface area contributed by atoms with Gasteiger partial charge in [-0.25, -0.2) is 0 Å². The second-order valence-electron chi connectivity index (χ2n) is 2.98. The molecule has 2 aliphatic rings. The van der Waals surface area contributed by atoms with Crippen LogP contribution in [0.5, 0.6) is 0 Å². The minimum Gasteiger partial charge on any atom is -0.313 e. The van der Waals surface area contributed by atoms with Crippen LogP contribution in [0.3, 0.4) is 0 Å². The second kappa shape index (κ2) is 3.20. The van der Waals surface area contributed by atoms with E-state index in [1.807, 2.05) is 0 Å². The van der Waals surface area contributed by atoms with Gasteiger partial charge in [-0.2, -0.15) is 0 Å². The molecular formula is C6H12ClNOS. The van der Waals surface area contributed by atoms with E-state index in [9.17, 15) is 4.21 Å². The summed E-state index contributed by atoms with van der Waals surface area (Å²) >= 11 is 0. The zero-order valence-electron chi connectivity index (χ0n) is 5.71. The van der Waals surface area contributed by atoms with Crippen LogP contribution < -0.4 is 5.32 Å². The van der Waals surface area contributed by atoms with Crippen molar-refractivity contribution in [2.75, 3.05) is 18.1 Å². The van der Waals surface area contributed by atoms with Crippen LogP contribution in [0, 0.1) is 5.92 Å². The molecule has 1 N–H and O–H groups in total. The van der Waals surface area contributed by atoms with Crippen molar-refractivity contribution in [2.24, 2.45) is 5.92 Å². The molecular weight excluding hydrogens is 170 g/mol. The summed E-state index contributed by atoms with van der Waals surface area (Å²) < 4.78 is 11.0. The molecule has 4 heteroatoms. The zero-order valence-corrected chi connectivity index (χ0v) is 7.34. The average molecular weight is 182 g/mol. The molecule has 2 bridgehead atoms. The van der Waals surface area contributed by atoms with Crippen LogP contribution >= 0.6 is 12.4 Å². The first-order valence-corrected chi connectivity index (χ1v) is 4.92. The van der Waals surface area contributed by atoms with Crippen molar-refractivity contribution >= 4 is 23.2 Å². The lowest BCUT2D eigenvalue weighted by molar-refractivity contribution is 0.586. The molecule has 0 aromatic heterocycles. The van der Waals surface area contributed by atoms with Crippen molar-refractivity contribution in [2.45, 2.75) is 12.5 Å². The minimum atomic E-state index is -0.500. The number of hydrogen-bond donors (Lipinski definition) is 1. The van der Waals surface area contributed by atoms with Crippen LogP contribution in [0.15, 0.2) is 0 Å². The van der Waals surface area contributed by atoms with E-state index in [1.165, 1.54) is 6.42 Å². The van der Waals surface area contributed by atoms with Crippen LogP contribution in [-0.4, -0.2) is 28.3 Å². The molecule has 0 spiro atoms. The van der Waals surface area contributed by atoms with E-state index in [0.29, 0.717) is 6.04 Å². The lowest BCUT2D eigenvalue weighted by Crippen LogP contribution is -2.29. The normalized spacial score (nSPS) is 44.6. The van der Waals surface area contributed by atoms with Gasteiger partial charge in [-0.05, 0) is 18.9 Å². The zero-order chi connectivity index (χ0) is 6.27. The Balaban J connectivity index is 0.000000500. The molecule has 2 nitrogen and oxygen atoms in total. The van der Waals surface area contributed by atoms with Gasteiger partial charge in [0, 0.05) is 28.3 Å². The molecule has 0 saturated carbocycles. The minimum absolute atomic E-state index is 0. The Morgan fingerprint density at radius 3 is 2.90 bits per heavy atom. The standard InChI is InChI=1S/C6H11NOS.ClH/c8-9-3-5-1-6(4-9)7-2-5;/h5-7H,1-4H2;1H. The van der Waals surface area contributed by atoms with Crippen molar-refractivity contribution in [3.63, 3.8) is 0 Å². The third kappa shape index (κ3) is 1.52. The fourth-order valence-corrected chi connectivity index (χ4v) is 3.33. The van der Waals surface area contributed by atoms with Crippen molar-refractivity contribution in [1.29, 1.82) is 0 Å². The van der Waals surface area contributed by atoms with E-state index in [4.69, 9.17) is 0 Å².